The highest BCUT2D eigenvalue weighted by molar-refractivity contribution is 6.07. The Bertz CT molecular complexity index is 1550. The molecule has 0 aliphatic carbocycles. The molecule has 1 amide bonds. The number of rotatable bonds is 7. The summed E-state index contributed by atoms with van der Waals surface area (Å²) in [6.45, 7) is 0.395. The number of hydrogen-bond acceptors (Lipinski definition) is 5. The predicted octanol–water partition coefficient (Wildman–Crippen LogP) is 3.01. The van der Waals surface area contributed by atoms with E-state index in [1.165, 1.54) is 16.6 Å². The molecule has 8 heteroatoms. The van der Waals surface area contributed by atoms with Crippen molar-refractivity contribution in [3.63, 3.8) is 0 Å². The minimum Gasteiger partial charge on any atom is -0.383 e. The fraction of sp³-hybridized carbons (Fsp3) is 0.138. The number of benzene rings is 3. The zero-order chi connectivity index (χ0) is 26.2. The van der Waals surface area contributed by atoms with Crippen molar-refractivity contribution in [2.24, 2.45) is 0 Å². The number of nitrogen functional groups attached to an aromatic ring is 1. The second-order valence-electron chi connectivity index (χ2n) is 8.21. The van der Waals surface area contributed by atoms with Gasteiger partial charge in [-0.2, -0.15) is 0 Å². The van der Waals surface area contributed by atoms with Crippen LogP contribution in [0.5, 0.6) is 0 Å². The summed E-state index contributed by atoms with van der Waals surface area (Å²) in [5.74, 6) is 5.61. The number of aromatic amines is 1. The molecule has 4 aromatic rings. The molecule has 4 rings (SSSR count). The number of nitrogens with two attached hydrogens (primary N) is 1. The Morgan fingerprint density at radius 3 is 2.14 bits per heavy atom. The summed E-state index contributed by atoms with van der Waals surface area (Å²) in [6.07, 6.45) is 0. The predicted molar refractivity (Wildman–Crippen MR) is 143 cm³/mol. The Hall–Kier alpha value is -4.87. The van der Waals surface area contributed by atoms with Crippen LogP contribution < -0.4 is 21.9 Å². The summed E-state index contributed by atoms with van der Waals surface area (Å²) >= 11 is 0. The van der Waals surface area contributed by atoms with Crippen LogP contribution in [0.15, 0.2) is 94.5 Å². The van der Waals surface area contributed by atoms with Crippen LogP contribution in [0, 0.1) is 11.8 Å². The summed E-state index contributed by atoms with van der Waals surface area (Å²) in [5, 5.41) is 0. The Balaban J connectivity index is 1.72. The van der Waals surface area contributed by atoms with E-state index >= 15 is 0 Å². The highest BCUT2D eigenvalue weighted by atomic mass is 16.5. The van der Waals surface area contributed by atoms with E-state index in [2.05, 4.69) is 16.8 Å². The average molecular weight is 495 g/mol. The number of carbonyl (C=O) groups excluding carboxylic acids is 1. The van der Waals surface area contributed by atoms with Gasteiger partial charge in [0.15, 0.2) is 5.69 Å². The maximum atomic E-state index is 13.7. The Kier molecular flexibility index (Phi) is 7.98. The number of aromatic nitrogens is 2. The lowest BCUT2D eigenvalue weighted by Gasteiger charge is -2.25. The maximum absolute atomic E-state index is 13.7. The molecule has 0 saturated heterocycles. The molecule has 186 valence electrons. The largest absolute Gasteiger partial charge is 0.383 e. The minimum atomic E-state index is -0.745. The molecule has 0 aliphatic rings. The molecule has 3 aromatic carbocycles. The van der Waals surface area contributed by atoms with Crippen molar-refractivity contribution < 1.29 is 9.53 Å². The fourth-order valence-corrected chi connectivity index (χ4v) is 3.78. The van der Waals surface area contributed by atoms with Gasteiger partial charge in [-0.1, -0.05) is 60.4 Å². The summed E-state index contributed by atoms with van der Waals surface area (Å²) in [6, 6.07) is 25.6. The zero-order valence-electron chi connectivity index (χ0n) is 20.3. The van der Waals surface area contributed by atoms with Crippen LogP contribution in [0.25, 0.3) is 0 Å². The van der Waals surface area contributed by atoms with Crippen molar-refractivity contribution in [3.05, 3.63) is 128 Å². The number of ether oxygens (including phenoxy) is 1. The summed E-state index contributed by atoms with van der Waals surface area (Å²) in [7, 11) is 1.49. The molecule has 3 N–H and O–H groups in total. The minimum absolute atomic E-state index is 0.0744. The molecule has 0 aliphatic heterocycles. The molecular formula is C29H26N4O4. The summed E-state index contributed by atoms with van der Waals surface area (Å²) in [5.41, 5.74) is 7.53. The van der Waals surface area contributed by atoms with Gasteiger partial charge in [-0.25, -0.2) is 4.79 Å². The molecule has 37 heavy (non-hydrogen) atoms. The van der Waals surface area contributed by atoms with Crippen LogP contribution in [-0.4, -0.2) is 29.2 Å². The van der Waals surface area contributed by atoms with E-state index in [-0.39, 0.29) is 31.2 Å². The van der Waals surface area contributed by atoms with Gasteiger partial charge in [0.2, 0.25) is 0 Å². The van der Waals surface area contributed by atoms with E-state index in [1.54, 1.807) is 24.3 Å². The molecule has 0 unspecified atom stereocenters. The monoisotopic (exact) mass is 494 g/mol. The van der Waals surface area contributed by atoms with Gasteiger partial charge in [-0.3, -0.25) is 24.0 Å². The zero-order valence-corrected chi connectivity index (χ0v) is 20.3. The maximum Gasteiger partial charge on any atom is 0.330 e. The summed E-state index contributed by atoms with van der Waals surface area (Å²) in [4.78, 5) is 42.6. The molecule has 0 saturated carbocycles. The van der Waals surface area contributed by atoms with Crippen LogP contribution in [0.1, 0.15) is 27.0 Å². The van der Waals surface area contributed by atoms with Gasteiger partial charge in [0.05, 0.1) is 19.7 Å². The van der Waals surface area contributed by atoms with E-state index < -0.39 is 17.2 Å². The number of hydrogen-bond donors (Lipinski definition) is 2. The van der Waals surface area contributed by atoms with Gasteiger partial charge in [0, 0.05) is 23.8 Å². The number of carbonyl (C=O) groups is 1. The first-order chi connectivity index (χ1) is 18.0. The number of amides is 1. The van der Waals surface area contributed by atoms with E-state index in [0.717, 1.165) is 16.7 Å². The number of nitrogens with one attached hydrogen (secondary N) is 1. The van der Waals surface area contributed by atoms with Gasteiger partial charge < -0.3 is 10.5 Å². The average Bonchev–Trinajstić information content (AvgIpc) is 2.92. The van der Waals surface area contributed by atoms with Gasteiger partial charge in [0.25, 0.3) is 11.5 Å². The standard InChI is InChI=1S/C29H26N4O4/c1-37-19-18-32-26(30)25(27(34)31-29(32)36)33(20-23-10-6-3-7-11-23)28(35)24-16-14-22(15-17-24)13-12-21-8-4-2-5-9-21/h2-11,14-17H,18-20,30H2,1H3,(H,31,34,36). The third-order valence-electron chi connectivity index (χ3n) is 5.69. The molecule has 0 fully saturated rings. The smallest absolute Gasteiger partial charge is 0.330 e. The first-order valence-corrected chi connectivity index (χ1v) is 11.6. The topological polar surface area (TPSA) is 110 Å². The Morgan fingerprint density at radius 1 is 0.919 bits per heavy atom. The van der Waals surface area contributed by atoms with Gasteiger partial charge >= 0.3 is 5.69 Å². The van der Waals surface area contributed by atoms with Crippen molar-refractivity contribution in [3.8, 4) is 11.8 Å². The highest BCUT2D eigenvalue weighted by Gasteiger charge is 2.25. The lowest BCUT2D eigenvalue weighted by Crippen LogP contribution is -2.41. The third-order valence-corrected chi connectivity index (χ3v) is 5.69. The van der Waals surface area contributed by atoms with Crippen LogP contribution >= 0.6 is 0 Å². The SMILES string of the molecule is COCCn1c(N)c(N(Cc2ccccc2)C(=O)c2ccc(C#Cc3ccccc3)cc2)c(=O)[nH]c1=O. The Morgan fingerprint density at radius 2 is 1.51 bits per heavy atom. The van der Waals surface area contributed by atoms with E-state index in [4.69, 9.17) is 10.5 Å². The summed E-state index contributed by atoms with van der Waals surface area (Å²) < 4.78 is 6.25. The second-order valence-corrected chi connectivity index (χ2v) is 8.21. The van der Waals surface area contributed by atoms with E-state index in [9.17, 15) is 14.4 Å². The molecule has 1 heterocycles. The third kappa shape index (κ3) is 6.04. The van der Waals surface area contributed by atoms with Gasteiger partial charge in [0.1, 0.15) is 5.82 Å². The first-order valence-electron chi connectivity index (χ1n) is 11.6. The second kappa shape index (κ2) is 11.7. The van der Waals surface area contributed by atoms with Gasteiger partial charge in [-0.05, 0) is 42.0 Å². The number of nitrogens with zero attached hydrogens (tertiary/aromatic N) is 2. The van der Waals surface area contributed by atoms with Crippen LogP contribution in [0.2, 0.25) is 0 Å². The fourth-order valence-electron chi connectivity index (χ4n) is 3.78. The van der Waals surface area contributed by atoms with Crippen molar-refractivity contribution >= 4 is 17.4 Å². The Labute approximate surface area is 214 Å². The number of methoxy groups -OCH3 is 1. The molecule has 0 bridgehead atoms. The van der Waals surface area contributed by atoms with Crippen LogP contribution in [-0.2, 0) is 17.8 Å². The van der Waals surface area contributed by atoms with Crippen molar-refractivity contribution in [2.45, 2.75) is 13.1 Å². The van der Waals surface area contributed by atoms with E-state index in [0.29, 0.717) is 5.56 Å². The van der Waals surface area contributed by atoms with Crippen LogP contribution in [0.3, 0.4) is 0 Å². The normalized spacial score (nSPS) is 10.4. The van der Waals surface area contributed by atoms with Crippen molar-refractivity contribution in [1.29, 1.82) is 0 Å². The lowest BCUT2D eigenvalue weighted by atomic mass is 10.1. The number of anilines is 2. The molecule has 1 aromatic heterocycles. The highest BCUT2D eigenvalue weighted by Crippen LogP contribution is 2.22. The number of H-pyrrole nitrogens is 1. The molecule has 0 atom stereocenters. The molecule has 0 radical (unpaired) electrons. The molecular weight excluding hydrogens is 468 g/mol. The van der Waals surface area contributed by atoms with Crippen molar-refractivity contribution in [2.75, 3.05) is 24.4 Å². The molecule has 0 spiro atoms. The molecule has 8 nitrogen and oxygen atoms in total. The first kappa shape index (κ1) is 25.2. The quantitative estimate of drug-likeness (QED) is 0.384. The van der Waals surface area contributed by atoms with Gasteiger partial charge in [-0.15, -0.1) is 0 Å². The van der Waals surface area contributed by atoms with Crippen LogP contribution in [0.4, 0.5) is 11.5 Å². The van der Waals surface area contributed by atoms with Crippen molar-refractivity contribution in [1.82, 2.24) is 9.55 Å². The lowest BCUT2D eigenvalue weighted by molar-refractivity contribution is 0.0984. The van der Waals surface area contributed by atoms with E-state index in [1.807, 2.05) is 60.7 Å².